The summed E-state index contributed by atoms with van der Waals surface area (Å²) in [7, 11) is 0. The molecule has 0 aliphatic heterocycles. The third-order valence-electron chi connectivity index (χ3n) is 34.4. The molecule has 3 aliphatic rings. The van der Waals surface area contributed by atoms with E-state index in [0.29, 0.717) is 52.4 Å². The molecule has 21 aromatic carbocycles. The average Bonchev–Trinajstić information content (AvgIpc) is 0.849. The van der Waals surface area contributed by atoms with Crippen molar-refractivity contribution in [2.24, 2.45) is 0 Å². The Morgan fingerprint density at radius 1 is 0.147 bits per heavy atom. The fourth-order valence-electron chi connectivity index (χ4n) is 24.3. The van der Waals surface area contributed by atoms with E-state index < -0.39 is 0 Å². The molecule has 3 aliphatic carbocycles. The number of nitrogens with zero attached hydrogens (tertiary/aromatic N) is 9. The molecular weight excluding hydrogens is 1830 g/mol. The summed E-state index contributed by atoms with van der Waals surface area (Å²) >= 11 is 0. The largest absolute Gasteiger partial charge is 0.456 e. The van der Waals surface area contributed by atoms with Gasteiger partial charge in [-0.1, -0.05) is 441 Å². The number of para-hydroxylation sites is 2. The van der Waals surface area contributed by atoms with Crippen molar-refractivity contribution in [1.82, 2.24) is 44.9 Å². The van der Waals surface area contributed by atoms with E-state index in [2.05, 4.69) is 411 Å². The summed E-state index contributed by atoms with van der Waals surface area (Å²) in [4.78, 5) is 47.0. The van der Waals surface area contributed by atoms with Gasteiger partial charge in [0.25, 0.3) is 0 Å². The molecule has 11 nitrogen and oxygen atoms in total. The van der Waals surface area contributed by atoms with Crippen LogP contribution in [0.15, 0.2) is 427 Å². The van der Waals surface area contributed by atoms with Gasteiger partial charge in [-0.3, -0.25) is 0 Å². The lowest BCUT2D eigenvalue weighted by Gasteiger charge is -2.48. The number of aromatic nitrogens is 9. The quantitative estimate of drug-likeness (QED) is 0.127. The van der Waals surface area contributed by atoms with E-state index in [1.165, 1.54) is 121 Å². The standard InChI is InChI=1S/2C47H35N3O.C45H35N3/c2*1-46(2)37-20-12-10-19-34(37)42-35-25-22-28-14-8-9-17-31(28)41(35)36(27-38(42)47(46,3)4)45-49-43(29-15-6-5-7-16-29)48-44(50-45)30-23-24-33-32-18-11-13-21-39(32)51-40(33)26-30;1-44(2)38-21-13-12-20-35(38)40-36-27-37(33-19-11-10-18-32(33)34(36)24-25-39(40)45(44,3)4)43-47-41(29-15-6-5-7-16-29)46-42(48-43)31-23-22-28-14-8-9-17-30(28)26-31/h2*5-27H,1-4H3;5-27H,1-4H3. The maximum Gasteiger partial charge on any atom is 0.164 e. The molecule has 0 amide bonds. The number of hydrogen-bond acceptors (Lipinski definition) is 11. The first-order valence-electron chi connectivity index (χ1n) is 51.9. The highest BCUT2D eigenvalue weighted by atomic mass is 16.3. The predicted molar refractivity (Wildman–Crippen MR) is 620 cm³/mol. The second-order valence-corrected chi connectivity index (χ2v) is 43.7. The molecule has 5 heterocycles. The molecule has 0 unspecified atom stereocenters. The zero-order valence-electron chi connectivity index (χ0n) is 85.7. The molecule has 0 bridgehead atoms. The van der Waals surface area contributed by atoms with Crippen molar-refractivity contribution < 1.29 is 8.83 Å². The number of furan rings is 2. The molecule has 718 valence electrons. The molecule has 11 heteroatoms. The highest BCUT2D eigenvalue weighted by Gasteiger charge is 2.50. The zero-order chi connectivity index (χ0) is 102. The first-order valence-corrected chi connectivity index (χ1v) is 51.9. The van der Waals surface area contributed by atoms with Crippen LogP contribution >= 0.6 is 0 Å². The third-order valence-corrected chi connectivity index (χ3v) is 34.4. The highest BCUT2D eigenvalue weighted by Crippen LogP contribution is 2.62. The zero-order valence-corrected chi connectivity index (χ0v) is 85.7. The minimum atomic E-state index is -0.199. The van der Waals surface area contributed by atoms with Crippen molar-refractivity contribution in [3.05, 3.63) is 452 Å². The van der Waals surface area contributed by atoms with E-state index in [9.17, 15) is 0 Å². The predicted octanol–water partition coefficient (Wildman–Crippen LogP) is 36.2. The van der Waals surface area contributed by atoms with Crippen LogP contribution in [0.1, 0.15) is 116 Å². The molecule has 0 atom stereocenters. The summed E-state index contributed by atoms with van der Waals surface area (Å²) in [6.45, 7) is 28.6. The molecule has 0 radical (unpaired) electrons. The molecule has 0 spiro atoms. The van der Waals surface area contributed by atoms with Crippen LogP contribution in [-0.4, -0.2) is 44.9 Å². The minimum Gasteiger partial charge on any atom is -0.456 e. The van der Waals surface area contributed by atoms with Gasteiger partial charge in [0.1, 0.15) is 22.3 Å². The van der Waals surface area contributed by atoms with Gasteiger partial charge >= 0.3 is 0 Å². The SMILES string of the molecule is CC1(C)c2ccccc2-c2c(cc(-c3nc(-c4ccccc4)nc(-c4ccc5c(c4)oc4ccccc45)n3)c3c2ccc2ccccc23)C1(C)C.CC1(C)c2ccccc2-c2c(cc(-c3nc(-c4ccccc4)nc(-c4ccc5c(c4)oc4ccccc45)n3)c3c2ccc2ccccc23)C1(C)C.CC1(C)c2ccccc2-c2c(ccc3c2cc(-c2nc(-c4ccccc4)nc(-c4ccc5ccccc5c4)n2)c2ccccc23)C1(C)C. The van der Waals surface area contributed by atoms with Gasteiger partial charge in [0.05, 0.1) is 0 Å². The summed E-state index contributed by atoms with van der Waals surface area (Å²) < 4.78 is 12.6. The highest BCUT2D eigenvalue weighted by molar-refractivity contribution is 6.22. The average molecular weight is 1930 g/mol. The molecule has 5 aromatic heterocycles. The van der Waals surface area contributed by atoms with Crippen LogP contribution in [0.2, 0.25) is 0 Å². The Bertz CT molecular complexity index is 9720. The van der Waals surface area contributed by atoms with Crippen LogP contribution in [0.3, 0.4) is 0 Å². The van der Waals surface area contributed by atoms with Crippen LogP contribution < -0.4 is 0 Å². The normalized spacial score (nSPS) is 14.6. The van der Waals surface area contributed by atoms with E-state index in [4.69, 9.17) is 53.7 Å². The Labute approximate surface area is 870 Å². The van der Waals surface area contributed by atoms with Crippen LogP contribution in [0.25, 0.3) is 255 Å². The molecule has 0 fully saturated rings. The van der Waals surface area contributed by atoms with Gasteiger partial charge in [-0.05, 0) is 225 Å². The lowest BCUT2D eigenvalue weighted by atomic mass is 9.55. The summed E-state index contributed by atoms with van der Waals surface area (Å²) in [6, 6.07) is 148. The van der Waals surface area contributed by atoms with E-state index >= 15 is 0 Å². The van der Waals surface area contributed by atoms with Gasteiger partial charge in [0, 0.05) is 82.4 Å². The minimum absolute atomic E-state index is 0.0441. The number of rotatable bonds is 9. The molecule has 150 heavy (non-hydrogen) atoms. The number of fused-ring (bicyclic) bond motifs is 28. The fourth-order valence-corrected chi connectivity index (χ4v) is 24.3. The summed E-state index contributed by atoms with van der Waals surface area (Å²) in [5.41, 5.74) is 27.1. The van der Waals surface area contributed by atoms with Gasteiger partial charge in [-0.15, -0.1) is 0 Å². The first kappa shape index (κ1) is 90.8. The van der Waals surface area contributed by atoms with Crippen LogP contribution in [-0.2, 0) is 32.5 Å². The fraction of sp³-hybridized carbons (Fsp3) is 0.129. The molecule has 26 aromatic rings. The molecule has 29 rings (SSSR count). The molecule has 0 saturated carbocycles. The smallest absolute Gasteiger partial charge is 0.164 e. The molecular formula is C139H105N9O2. The lowest BCUT2D eigenvalue weighted by Crippen LogP contribution is -2.43. The Morgan fingerprint density at radius 3 is 0.860 bits per heavy atom. The van der Waals surface area contributed by atoms with Crippen molar-refractivity contribution in [3.8, 4) is 136 Å². The summed E-state index contributed by atoms with van der Waals surface area (Å²) in [6.07, 6.45) is 0. The van der Waals surface area contributed by atoms with Crippen molar-refractivity contribution in [3.63, 3.8) is 0 Å². The Hall–Kier alpha value is -17.9. The topological polar surface area (TPSA) is 142 Å². The second-order valence-electron chi connectivity index (χ2n) is 43.7. The van der Waals surface area contributed by atoms with Crippen LogP contribution in [0.4, 0.5) is 0 Å². The van der Waals surface area contributed by atoms with Gasteiger partial charge < -0.3 is 8.83 Å². The van der Waals surface area contributed by atoms with E-state index in [1.54, 1.807) is 0 Å². The maximum absolute atomic E-state index is 6.31. The van der Waals surface area contributed by atoms with Crippen molar-refractivity contribution in [2.75, 3.05) is 0 Å². The van der Waals surface area contributed by atoms with E-state index in [0.717, 1.165) is 115 Å². The van der Waals surface area contributed by atoms with Gasteiger partial charge in [0.2, 0.25) is 0 Å². The number of benzene rings is 21. The van der Waals surface area contributed by atoms with Crippen LogP contribution in [0.5, 0.6) is 0 Å². The Morgan fingerprint density at radius 2 is 0.427 bits per heavy atom. The Kier molecular flexibility index (Phi) is 20.8. The van der Waals surface area contributed by atoms with E-state index in [1.807, 2.05) is 91.0 Å². The van der Waals surface area contributed by atoms with Gasteiger partial charge in [-0.25, -0.2) is 44.9 Å². The lowest BCUT2D eigenvalue weighted by molar-refractivity contribution is 0.299. The van der Waals surface area contributed by atoms with Crippen molar-refractivity contribution >= 4 is 119 Å². The monoisotopic (exact) mass is 1930 g/mol. The summed E-state index contributed by atoms with van der Waals surface area (Å²) in [5.74, 6) is 5.79. The van der Waals surface area contributed by atoms with Gasteiger partial charge in [-0.2, -0.15) is 0 Å². The second kappa shape index (κ2) is 34.4. The van der Waals surface area contributed by atoms with Crippen molar-refractivity contribution in [2.45, 2.75) is 116 Å². The van der Waals surface area contributed by atoms with Gasteiger partial charge in [0.15, 0.2) is 52.4 Å². The summed E-state index contributed by atoms with van der Waals surface area (Å²) in [5, 5.41) is 20.9. The maximum atomic E-state index is 6.31. The van der Waals surface area contributed by atoms with E-state index in [-0.39, 0.29) is 32.5 Å². The third kappa shape index (κ3) is 14.2. The Balaban J connectivity index is 0.000000111. The van der Waals surface area contributed by atoms with Crippen LogP contribution in [0, 0.1) is 0 Å². The molecule has 0 saturated heterocycles. The first-order chi connectivity index (χ1) is 72.9. The molecule has 0 N–H and O–H groups in total. The van der Waals surface area contributed by atoms with Crippen molar-refractivity contribution in [1.29, 1.82) is 0 Å². The number of hydrogen-bond donors (Lipinski definition) is 0.